The molecule has 128 valence electrons. The van der Waals surface area contributed by atoms with Gasteiger partial charge in [-0.25, -0.2) is 4.79 Å². The maximum atomic E-state index is 11.8. The van der Waals surface area contributed by atoms with E-state index in [-0.39, 0.29) is 12.5 Å². The maximum absolute atomic E-state index is 11.8. The molecule has 0 spiro atoms. The van der Waals surface area contributed by atoms with Crippen LogP contribution in [0, 0.1) is 0 Å². The third kappa shape index (κ3) is 4.69. The highest BCUT2D eigenvalue weighted by atomic mass is 35.5. The van der Waals surface area contributed by atoms with Crippen molar-refractivity contribution in [2.75, 3.05) is 6.61 Å². The number of carbonyl (C=O) groups is 2. The minimum absolute atomic E-state index is 0.311. The van der Waals surface area contributed by atoms with Crippen molar-refractivity contribution in [1.29, 1.82) is 0 Å². The molecule has 0 bridgehead atoms. The van der Waals surface area contributed by atoms with Gasteiger partial charge in [-0.2, -0.15) is 0 Å². The lowest BCUT2D eigenvalue weighted by Gasteiger charge is -2.03. The molecule has 0 aliphatic carbocycles. The lowest BCUT2D eigenvalue weighted by Crippen LogP contribution is -2.27. The number of nitrogens with one attached hydrogen (secondary N) is 1. The van der Waals surface area contributed by atoms with Crippen LogP contribution in [0.3, 0.4) is 0 Å². The zero-order valence-electron chi connectivity index (χ0n) is 13.0. The zero-order valence-corrected chi connectivity index (χ0v) is 15.4. The molecule has 1 N–H and O–H groups in total. The maximum Gasteiger partial charge on any atom is 0.331 e. The second-order valence-corrected chi connectivity index (χ2v) is 7.57. The summed E-state index contributed by atoms with van der Waals surface area (Å²) in [6, 6.07) is 11.6. The number of amides is 1. The Bertz CT molecular complexity index is 916. The molecule has 4 nitrogen and oxygen atoms in total. The summed E-state index contributed by atoms with van der Waals surface area (Å²) in [5, 5.41) is 6.19. The fourth-order valence-electron chi connectivity index (χ4n) is 2.12. The number of carbonyl (C=O) groups excluding carboxylic acids is 2. The van der Waals surface area contributed by atoms with Crippen molar-refractivity contribution < 1.29 is 14.3 Å². The molecular weight excluding hydrogens is 378 g/mol. The van der Waals surface area contributed by atoms with E-state index in [1.54, 1.807) is 17.4 Å². The first-order valence-corrected chi connectivity index (χ1v) is 9.52. The SMILES string of the molecule is O=C(COC(=O)/C=C/c1sc2ccccc2c1Cl)NCc1cccs1. The molecule has 1 amide bonds. The van der Waals surface area contributed by atoms with Crippen molar-refractivity contribution in [3.63, 3.8) is 0 Å². The lowest BCUT2D eigenvalue weighted by molar-refractivity contribution is -0.143. The summed E-state index contributed by atoms with van der Waals surface area (Å²) in [7, 11) is 0. The van der Waals surface area contributed by atoms with Gasteiger partial charge >= 0.3 is 5.97 Å². The van der Waals surface area contributed by atoms with Gasteiger partial charge < -0.3 is 10.1 Å². The Labute approximate surface area is 157 Å². The molecule has 7 heteroatoms. The van der Waals surface area contributed by atoms with Crippen LogP contribution >= 0.6 is 34.3 Å². The van der Waals surface area contributed by atoms with Crippen LogP contribution in [0.2, 0.25) is 5.02 Å². The van der Waals surface area contributed by atoms with E-state index >= 15 is 0 Å². The Hall–Kier alpha value is -2.15. The third-order valence-corrected chi connectivity index (χ3v) is 5.85. The van der Waals surface area contributed by atoms with Crippen molar-refractivity contribution in [3.05, 3.63) is 62.6 Å². The molecule has 0 unspecified atom stereocenters. The van der Waals surface area contributed by atoms with E-state index in [0.29, 0.717) is 11.6 Å². The van der Waals surface area contributed by atoms with Gasteiger partial charge in [0.25, 0.3) is 5.91 Å². The molecule has 3 aromatic rings. The van der Waals surface area contributed by atoms with Crippen LogP contribution in [-0.2, 0) is 20.9 Å². The summed E-state index contributed by atoms with van der Waals surface area (Å²) in [6.45, 7) is 0.121. The Morgan fingerprint density at radius 3 is 2.80 bits per heavy atom. The molecule has 0 radical (unpaired) electrons. The monoisotopic (exact) mass is 391 g/mol. The largest absolute Gasteiger partial charge is 0.452 e. The molecular formula is C18H14ClNO3S2. The molecule has 25 heavy (non-hydrogen) atoms. The fourth-order valence-corrected chi connectivity index (χ4v) is 4.16. The van der Waals surface area contributed by atoms with Crippen LogP contribution in [0.1, 0.15) is 9.75 Å². The first-order chi connectivity index (χ1) is 12.1. The number of ether oxygens (including phenoxy) is 1. The van der Waals surface area contributed by atoms with E-state index < -0.39 is 5.97 Å². The van der Waals surface area contributed by atoms with Crippen LogP contribution < -0.4 is 5.32 Å². The summed E-state index contributed by atoms with van der Waals surface area (Å²) >= 11 is 9.35. The molecule has 0 aliphatic heterocycles. The summed E-state index contributed by atoms with van der Waals surface area (Å²) in [6.07, 6.45) is 2.89. The Balaban J connectivity index is 1.50. The first-order valence-electron chi connectivity index (χ1n) is 7.44. The number of esters is 1. The summed E-state index contributed by atoms with van der Waals surface area (Å²) in [5.74, 6) is -0.921. The highest BCUT2D eigenvalue weighted by molar-refractivity contribution is 7.20. The fraction of sp³-hybridized carbons (Fsp3) is 0.111. The highest BCUT2D eigenvalue weighted by Crippen LogP contribution is 2.35. The van der Waals surface area contributed by atoms with Crippen LogP contribution in [0.5, 0.6) is 0 Å². The molecule has 0 fully saturated rings. The van der Waals surface area contributed by atoms with Crippen molar-refractivity contribution in [3.8, 4) is 0 Å². The van der Waals surface area contributed by atoms with Gasteiger partial charge in [0, 0.05) is 25.9 Å². The zero-order chi connectivity index (χ0) is 17.6. The van der Waals surface area contributed by atoms with Gasteiger partial charge in [0.05, 0.1) is 11.6 Å². The van der Waals surface area contributed by atoms with Crippen LogP contribution in [0.4, 0.5) is 0 Å². The second-order valence-electron chi connectivity index (χ2n) is 5.07. The van der Waals surface area contributed by atoms with Crippen LogP contribution in [0.15, 0.2) is 47.9 Å². The van der Waals surface area contributed by atoms with E-state index in [1.807, 2.05) is 41.8 Å². The second kappa shape index (κ2) is 8.29. The highest BCUT2D eigenvalue weighted by Gasteiger charge is 2.09. The van der Waals surface area contributed by atoms with Crippen molar-refractivity contribution in [2.24, 2.45) is 0 Å². The summed E-state index contributed by atoms with van der Waals surface area (Å²) in [5.41, 5.74) is 0. The summed E-state index contributed by atoms with van der Waals surface area (Å²) in [4.78, 5) is 25.2. The van der Waals surface area contributed by atoms with E-state index in [1.165, 1.54) is 17.4 Å². The molecule has 0 saturated heterocycles. The molecule has 3 rings (SSSR count). The third-order valence-electron chi connectivity index (χ3n) is 3.32. The molecule has 1 aromatic carbocycles. The van der Waals surface area contributed by atoms with E-state index in [9.17, 15) is 9.59 Å². The average molecular weight is 392 g/mol. The van der Waals surface area contributed by atoms with Gasteiger partial charge in [-0.05, 0) is 23.6 Å². The average Bonchev–Trinajstić information content (AvgIpc) is 3.25. The predicted molar refractivity (Wildman–Crippen MR) is 103 cm³/mol. The predicted octanol–water partition coefficient (Wildman–Crippen LogP) is 4.49. The molecule has 2 heterocycles. The number of hydrogen-bond acceptors (Lipinski definition) is 5. The van der Waals surface area contributed by atoms with Crippen molar-refractivity contribution in [1.82, 2.24) is 5.32 Å². The van der Waals surface area contributed by atoms with Crippen LogP contribution in [0.25, 0.3) is 16.2 Å². The topological polar surface area (TPSA) is 55.4 Å². The van der Waals surface area contributed by atoms with Gasteiger partial charge in [-0.3, -0.25) is 4.79 Å². The van der Waals surface area contributed by atoms with E-state index in [2.05, 4.69) is 5.32 Å². The summed E-state index contributed by atoms with van der Waals surface area (Å²) < 4.78 is 5.99. The van der Waals surface area contributed by atoms with Gasteiger partial charge in [0.2, 0.25) is 0 Å². The number of benzene rings is 1. The first kappa shape index (κ1) is 17.7. The number of hydrogen-bond donors (Lipinski definition) is 1. The number of thiophene rings is 2. The van der Waals surface area contributed by atoms with Crippen LogP contribution in [-0.4, -0.2) is 18.5 Å². The molecule has 0 aliphatic rings. The van der Waals surface area contributed by atoms with Crippen molar-refractivity contribution in [2.45, 2.75) is 6.54 Å². The number of fused-ring (bicyclic) bond motifs is 1. The Kier molecular flexibility index (Phi) is 5.86. The quantitative estimate of drug-likeness (QED) is 0.497. The smallest absolute Gasteiger partial charge is 0.331 e. The Morgan fingerprint density at radius 1 is 1.20 bits per heavy atom. The minimum Gasteiger partial charge on any atom is -0.452 e. The standard InChI is InChI=1S/C18H14ClNO3S2/c19-18-13-5-1-2-6-14(13)25-15(18)7-8-17(22)23-11-16(21)20-10-12-4-3-9-24-12/h1-9H,10-11H2,(H,20,21)/b8-7+. The van der Waals surface area contributed by atoms with Gasteiger partial charge in [-0.15, -0.1) is 22.7 Å². The minimum atomic E-state index is -0.584. The van der Waals surface area contributed by atoms with Gasteiger partial charge in [0.1, 0.15) is 0 Å². The Morgan fingerprint density at radius 2 is 2.04 bits per heavy atom. The van der Waals surface area contributed by atoms with E-state index in [0.717, 1.165) is 19.8 Å². The lowest BCUT2D eigenvalue weighted by atomic mass is 10.2. The molecule has 2 aromatic heterocycles. The van der Waals surface area contributed by atoms with Gasteiger partial charge in [0.15, 0.2) is 6.61 Å². The van der Waals surface area contributed by atoms with Gasteiger partial charge in [-0.1, -0.05) is 35.9 Å². The normalized spacial score (nSPS) is 11.1. The van der Waals surface area contributed by atoms with E-state index in [4.69, 9.17) is 16.3 Å². The van der Waals surface area contributed by atoms with Crippen molar-refractivity contribution >= 4 is 62.3 Å². The number of halogens is 1. The molecule has 0 atom stereocenters. The number of rotatable bonds is 6. The molecule has 0 saturated carbocycles.